The van der Waals surface area contributed by atoms with E-state index in [-0.39, 0.29) is 23.0 Å². The summed E-state index contributed by atoms with van der Waals surface area (Å²) in [6, 6.07) is 12.1. The lowest BCUT2D eigenvalue weighted by Crippen LogP contribution is -2.27. The molecule has 142 valence electrons. The summed E-state index contributed by atoms with van der Waals surface area (Å²) >= 11 is 0. The Labute approximate surface area is 158 Å². The predicted molar refractivity (Wildman–Crippen MR) is 102 cm³/mol. The number of phenols is 1. The van der Waals surface area contributed by atoms with Crippen molar-refractivity contribution < 1.29 is 24.2 Å². The number of ether oxygens (including phenoxy) is 1. The van der Waals surface area contributed by atoms with Crippen LogP contribution in [0.2, 0.25) is 0 Å². The third kappa shape index (κ3) is 5.41. The van der Waals surface area contributed by atoms with Crippen LogP contribution in [-0.2, 0) is 9.53 Å². The van der Waals surface area contributed by atoms with Crippen molar-refractivity contribution in [3.63, 3.8) is 0 Å². The first-order valence-electron chi connectivity index (χ1n) is 8.53. The van der Waals surface area contributed by atoms with Gasteiger partial charge in [0.15, 0.2) is 6.10 Å². The normalized spacial score (nSPS) is 12.1. The van der Waals surface area contributed by atoms with Crippen LogP contribution in [0.1, 0.15) is 48.4 Å². The maximum Gasteiger partial charge on any atom is 0.338 e. The van der Waals surface area contributed by atoms with Gasteiger partial charge in [-0.05, 0) is 49.4 Å². The molecule has 0 heterocycles. The molecule has 0 aliphatic rings. The van der Waals surface area contributed by atoms with Crippen molar-refractivity contribution in [1.82, 2.24) is 0 Å². The molecular weight excluding hydrogens is 346 g/mol. The van der Waals surface area contributed by atoms with Gasteiger partial charge in [-0.15, -0.1) is 0 Å². The average Bonchev–Trinajstić information content (AvgIpc) is 2.60. The lowest BCUT2D eigenvalue weighted by molar-refractivity contribution is -0.123. The zero-order valence-corrected chi connectivity index (χ0v) is 15.8. The molecule has 2 N–H and O–H groups in total. The highest BCUT2D eigenvalue weighted by atomic mass is 16.5. The van der Waals surface area contributed by atoms with Crippen LogP contribution < -0.4 is 5.32 Å². The highest BCUT2D eigenvalue weighted by Crippen LogP contribution is 2.19. The number of rotatable bonds is 5. The lowest BCUT2D eigenvalue weighted by Gasteiger charge is -2.18. The molecule has 6 heteroatoms. The first-order valence-corrected chi connectivity index (χ1v) is 8.53. The van der Waals surface area contributed by atoms with E-state index in [0.717, 1.165) is 0 Å². The van der Waals surface area contributed by atoms with E-state index in [2.05, 4.69) is 5.32 Å². The second kappa shape index (κ2) is 8.03. The number of carbonyl (C=O) groups excluding carboxylic acids is 3. The number of hydrogen-bond acceptors (Lipinski definition) is 5. The molecule has 0 aliphatic heterocycles. The number of amides is 1. The smallest absolute Gasteiger partial charge is 0.338 e. The van der Waals surface area contributed by atoms with Crippen LogP contribution in [0, 0.1) is 5.41 Å². The average molecular weight is 369 g/mol. The van der Waals surface area contributed by atoms with Gasteiger partial charge in [-0.2, -0.15) is 0 Å². The van der Waals surface area contributed by atoms with E-state index in [4.69, 9.17) is 4.74 Å². The van der Waals surface area contributed by atoms with Gasteiger partial charge in [0.25, 0.3) is 0 Å². The third-order valence-electron chi connectivity index (χ3n) is 3.84. The number of Topliss-reactive ketones (excluding diaryl/α,β-unsaturated/α-hetero) is 1. The van der Waals surface area contributed by atoms with Crippen LogP contribution in [0.4, 0.5) is 5.69 Å². The summed E-state index contributed by atoms with van der Waals surface area (Å²) in [6.07, 6.45) is -0.991. The number of hydrogen-bond donors (Lipinski definition) is 2. The molecule has 0 spiro atoms. The van der Waals surface area contributed by atoms with Gasteiger partial charge >= 0.3 is 5.97 Å². The minimum Gasteiger partial charge on any atom is -0.508 e. The van der Waals surface area contributed by atoms with Crippen molar-refractivity contribution >= 4 is 23.3 Å². The van der Waals surface area contributed by atoms with Crippen LogP contribution in [0.3, 0.4) is 0 Å². The number of esters is 1. The Morgan fingerprint density at radius 1 is 1.00 bits per heavy atom. The minimum absolute atomic E-state index is 0.0590. The van der Waals surface area contributed by atoms with E-state index in [1.807, 2.05) is 20.8 Å². The van der Waals surface area contributed by atoms with Crippen molar-refractivity contribution in [3.8, 4) is 5.75 Å². The van der Waals surface area contributed by atoms with Crippen LogP contribution in [-0.4, -0.2) is 28.9 Å². The largest absolute Gasteiger partial charge is 0.508 e. The molecule has 0 fully saturated rings. The Hall–Kier alpha value is -3.15. The molecule has 0 bridgehead atoms. The van der Waals surface area contributed by atoms with Crippen LogP contribution >= 0.6 is 0 Å². The quantitative estimate of drug-likeness (QED) is 0.618. The Bertz CT molecular complexity index is 850. The van der Waals surface area contributed by atoms with Gasteiger partial charge in [0.2, 0.25) is 11.7 Å². The van der Waals surface area contributed by atoms with E-state index in [1.54, 1.807) is 24.3 Å². The second-order valence-electron chi connectivity index (χ2n) is 7.24. The Balaban J connectivity index is 2.02. The number of anilines is 1. The lowest BCUT2D eigenvalue weighted by atomic mass is 9.95. The fourth-order valence-corrected chi connectivity index (χ4v) is 2.19. The monoisotopic (exact) mass is 369 g/mol. The van der Waals surface area contributed by atoms with Gasteiger partial charge in [0.1, 0.15) is 5.75 Å². The molecule has 1 atom stereocenters. The topological polar surface area (TPSA) is 92.7 Å². The van der Waals surface area contributed by atoms with Crippen molar-refractivity contribution in [3.05, 3.63) is 59.7 Å². The summed E-state index contributed by atoms with van der Waals surface area (Å²) in [7, 11) is 0. The Morgan fingerprint density at radius 3 is 2.19 bits per heavy atom. The van der Waals surface area contributed by atoms with E-state index in [9.17, 15) is 19.5 Å². The first-order chi connectivity index (χ1) is 12.6. The second-order valence-corrected chi connectivity index (χ2v) is 7.24. The zero-order valence-electron chi connectivity index (χ0n) is 15.8. The van der Waals surface area contributed by atoms with E-state index >= 15 is 0 Å². The van der Waals surface area contributed by atoms with Gasteiger partial charge in [0.05, 0.1) is 5.56 Å². The summed E-state index contributed by atoms with van der Waals surface area (Å²) < 4.78 is 5.18. The van der Waals surface area contributed by atoms with Crippen molar-refractivity contribution in [2.24, 2.45) is 5.41 Å². The summed E-state index contributed by atoms with van der Waals surface area (Å²) in [5.41, 5.74) is 0.578. The molecule has 0 saturated carbocycles. The summed E-state index contributed by atoms with van der Waals surface area (Å²) in [5, 5.41) is 12.2. The van der Waals surface area contributed by atoms with E-state index in [1.165, 1.54) is 31.2 Å². The maximum absolute atomic E-state index is 12.5. The number of aromatic hydroxyl groups is 1. The number of nitrogens with one attached hydrogen (secondary N) is 1. The molecule has 2 aromatic carbocycles. The molecule has 2 rings (SSSR count). The highest BCUT2D eigenvalue weighted by Gasteiger charge is 2.22. The number of phenolic OH excluding ortho intramolecular Hbond substituents is 1. The van der Waals surface area contributed by atoms with Gasteiger partial charge in [-0.3, -0.25) is 9.59 Å². The summed E-state index contributed by atoms with van der Waals surface area (Å²) in [6.45, 7) is 6.91. The standard InChI is InChI=1S/C21H23NO5/c1-13(27-19(25)15-6-5-7-17(23)12-15)18(24)14-8-10-16(11-9-14)22-20(26)21(2,3)4/h5-13,23H,1-4H3,(H,22,26)/t13-/m1/s1. The SMILES string of the molecule is C[C@@H](OC(=O)c1cccc(O)c1)C(=O)c1ccc(NC(=O)C(C)(C)C)cc1. The van der Waals surface area contributed by atoms with Crippen molar-refractivity contribution in [2.45, 2.75) is 33.8 Å². The van der Waals surface area contributed by atoms with Gasteiger partial charge in [-0.1, -0.05) is 26.8 Å². The number of carbonyl (C=O) groups is 3. The zero-order chi connectivity index (χ0) is 20.2. The molecule has 2 aromatic rings. The number of benzene rings is 2. The summed E-state index contributed by atoms with van der Waals surface area (Å²) in [4.78, 5) is 36.5. The van der Waals surface area contributed by atoms with Gasteiger partial charge in [0, 0.05) is 16.7 Å². The van der Waals surface area contributed by atoms with Gasteiger partial charge < -0.3 is 15.2 Å². The summed E-state index contributed by atoms with van der Waals surface area (Å²) in [5.74, 6) is -1.25. The number of ketones is 1. The highest BCUT2D eigenvalue weighted by molar-refractivity contribution is 6.02. The van der Waals surface area contributed by atoms with Gasteiger partial charge in [-0.25, -0.2) is 4.79 Å². The van der Waals surface area contributed by atoms with Crippen molar-refractivity contribution in [1.29, 1.82) is 0 Å². The molecule has 27 heavy (non-hydrogen) atoms. The molecule has 0 unspecified atom stereocenters. The van der Waals surface area contributed by atoms with Crippen LogP contribution in [0.25, 0.3) is 0 Å². The van der Waals surface area contributed by atoms with Crippen LogP contribution in [0.15, 0.2) is 48.5 Å². The molecule has 0 saturated heterocycles. The fraction of sp³-hybridized carbons (Fsp3) is 0.286. The molecule has 0 radical (unpaired) electrons. The molecule has 0 aromatic heterocycles. The van der Waals surface area contributed by atoms with Crippen molar-refractivity contribution in [2.75, 3.05) is 5.32 Å². The fourth-order valence-electron chi connectivity index (χ4n) is 2.19. The van der Waals surface area contributed by atoms with Crippen LogP contribution in [0.5, 0.6) is 5.75 Å². The minimum atomic E-state index is -0.991. The molecule has 0 aliphatic carbocycles. The van der Waals surface area contributed by atoms with E-state index in [0.29, 0.717) is 11.3 Å². The predicted octanol–water partition coefficient (Wildman–Crippen LogP) is 3.81. The third-order valence-corrected chi connectivity index (χ3v) is 3.84. The Kier molecular flexibility index (Phi) is 6.00. The maximum atomic E-state index is 12.5. The Morgan fingerprint density at radius 2 is 1.63 bits per heavy atom. The molecule has 1 amide bonds. The molecule has 6 nitrogen and oxygen atoms in total. The first kappa shape index (κ1) is 20.2. The molecular formula is C21H23NO5. The van der Waals surface area contributed by atoms with E-state index < -0.39 is 17.5 Å².